The van der Waals surface area contributed by atoms with E-state index in [-0.39, 0.29) is 17.6 Å². The molecule has 0 saturated heterocycles. The molecule has 0 spiro atoms. The molecule has 0 aliphatic heterocycles. The van der Waals surface area contributed by atoms with Gasteiger partial charge in [-0.25, -0.2) is 0 Å². The van der Waals surface area contributed by atoms with Gasteiger partial charge in [-0.1, -0.05) is 12.1 Å². The summed E-state index contributed by atoms with van der Waals surface area (Å²) >= 11 is 0. The average molecular weight is 250 g/mol. The molecule has 2 amide bonds. The molecule has 1 atom stereocenters. The molecule has 1 rings (SSSR count). The highest BCUT2D eigenvalue weighted by molar-refractivity contribution is 5.86. The third-order valence-corrected chi connectivity index (χ3v) is 2.49. The molecule has 1 aromatic rings. The van der Waals surface area contributed by atoms with Gasteiger partial charge in [-0.2, -0.15) is 0 Å². The lowest BCUT2D eigenvalue weighted by Crippen LogP contribution is -2.46. The van der Waals surface area contributed by atoms with E-state index in [0.717, 1.165) is 5.56 Å². The third-order valence-electron chi connectivity index (χ3n) is 2.49. The summed E-state index contributed by atoms with van der Waals surface area (Å²) in [6.45, 7) is 1.38. The van der Waals surface area contributed by atoms with Crippen molar-refractivity contribution in [3.63, 3.8) is 0 Å². The van der Waals surface area contributed by atoms with Crippen LogP contribution in [0.1, 0.15) is 12.5 Å². The SMILES string of the molecule is CC(=O)N[C@@H](Cc1ccc(O)cc1)C(=O)N(C)C. The fourth-order valence-electron chi connectivity index (χ4n) is 1.62. The Morgan fingerprint density at radius 2 is 1.83 bits per heavy atom. The number of nitrogens with one attached hydrogen (secondary N) is 1. The van der Waals surface area contributed by atoms with Gasteiger partial charge in [0, 0.05) is 27.4 Å². The highest BCUT2D eigenvalue weighted by Gasteiger charge is 2.21. The number of amides is 2. The first kappa shape index (κ1) is 14.0. The zero-order valence-electron chi connectivity index (χ0n) is 10.8. The van der Waals surface area contributed by atoms with E-state index in [4.69, 9.17) is 0 Å². The molecule has 0 aliphatic rings. The van der Waals surface area contributed by atoms with Gasteiger partial charge in [-0.3, -0.25) is 9.59 Å². The second-order valence-electron chi connectivity index (χ2n) is 4.36. The summed E-state index contributed by atoms with van der Waals surface area (Å²) in [5, 5.41) is 11.8. The van der Waals surface area contributed by atoms with Gasteiger partial charge in [0.25, 0.3) is 0 Å². The van der Waals surface area contributed by atoms with E-state index < -0.39 is 6.04 Å². The molecule has 0 aromatic heterocycles. The lowest BCUT2D eigenvalue weighted by atomic mass is 10.0. The number of phenolic OH excluding ortho intramolecular Hbond substituents is 1. The fraction of sp³-hybridized carbons (Fsp3) is 0.385. The first-order valence-electron chi connectivity index (χ1n) is 5.66. The molecule has 0 unspecified atom stereocenters. The summed E-state index contributed by atoms with van der Waals surface area (Å²) in [7, 11) is 3.29. The van der Waals surface area contributed by atoms with Crippen LogP contribution in [0.5, 0.6) is 5.75 Å². The second-order valence-corrected chi connectivity index (χ2v) is 4.36. The maximum absolute atomic E-state index is 11.9. The summed E-state index contributed by atoms with van der Waals surface area (Å²) in [5.74, 6) is -0.221. The molecule has 5 nitrogen and oxygen atoms in total. The molecule has 5 heteroatoms. The van der Waals surface area contributed by atoms with Crippen molar-refractivity contribution >= 4 is 11.8 Å². The summed E-state index contributed by atoms with van der Waals surface area (Å²) in [4.78, 5) is 24.5. The van der Waals surface area contributed by atoms with Crippen molar-refractivity contribution in [3.05, 3.63) is 29.8 Å². The molecule has 0 fully saturated rings. The van der Waals surface area contributed by atoms with Crippen molar-refractivity contribution in [1.82, 2.24) is 10.2 Å². The van der Waals surface area contributed by atoms with E-state index in [1.807, 2.05) is 0 Å². The lowest BCUT2D eigenvalue weighted by molar-refractivity contribution is -0.133. The number of benzene rings is 1. The summed E-state index contributed by atoms with van der Waals surface area (Å²) in [5.41, 5.74) is 0.877. The minimum Gasteiger partial charge on any atom is -0.508 e. The number of carbonyl (C=O) groups excluding carboxylic acids is 2. The molecule has 98 valence electrons. The van der Waals surface area contributed by atoms with E-state index in [1.54, 1.807) is 38.4 Å². The predicted octanol–water partition coefficient (Wildman–Crippen LogP) is 0.528. The van der Waals surface area contributed by atoms with Gasteiger partial charge in [0.05, 0.1) is 0 Å². The van der Waals surface area contributed by atoms with Crippen LogP contribution >= 0.6 is 0 Å². The van der Waals surface area contributed by atoms with E-state index in [0.29, 0.717) is 6.42 Å². The van der Waals surface area contributed by atoms with Crippen molar-refractivity contribution in [3.8, 4) is 5.75 Å². The Bertz CT molecular complexity index is 426. The van der Waals surface area contributed by atoms with Crippen LogP contribution in [0.4, 0.5) is 0 Å². The maximum Gasteiger partial charge on any atom is 0.244 e. The number of rotatable bonds is 4. The number of likely N-dealkylation sites (N-methyl/N-ethyl adjacent to an activating group) is 1. The van der Waals surface area contributed by atoms with Gasteiger partial charge < -0.3 is 15.3 Å². The Balaban J connectivity index is 2.81. The third kappa shape index (κ3) is 4.08. The zero-order valence-corrected chi connectivity index (χ0v) is 10.8. The van der Waals surface area contributed by atoms with Crippen molar-refractivity contribution in [2.45, 2.75) is 19.4 Å². The van der Waals surface area contributed by atoms with Crippen LogP contribution in [0.3, 0.4) is 0 Å². The summed E-state index contributed by atoms with van der Waals surface area (Å²) in [6, 6.07) is 5.99. The Morgan fingerprint density at radius 1 is 1.28 bits per heavy atom. The van der Waals surface area contributed by atoms with Gasteiger partial charge >= 0.3 is 0 Å². The van der Waals surface area contributed by atoms with Crippen molar-refractivity contribution in [2.75, 3.05) is 14.1 Å². The molecule has 1 aromatic carbocycles. The summed E-state index contributed by atoms with van der Waals surface area (Å²) in [6.07, 6.45) is 0.400. The number of phenols is 1. The van der Waals surface area contributed by atoms with Crippen molar-refractivity contribution in [2.24, 2.45) is 0 Å². The molecule has 0 bridgehead atoms. The Kier molecular flexibility index (Phi) is 4.71. The Labute approximate surface area is 106 Å². The first-order chi connectivity index (χ1) is 8.40. The molecule has 0 heterocycles. The van der Waals surface area contributed by atoms with Crippen LogP contribution in [0.15, 0.2) is 24.3 Å². The van der Waals surface area contributed by atoms with Gasteiger partial charge in [0.15, 0.2) is 0 Å². The van der Waals surface area contributed by atoms with E-state index in [2.05, 4.69) is 5.32 Å². The van der Waals surface area contributed by atoms with Crippen LogP contribution in [-0.4, -0.2) is 42.0 Å². The van der Waals surface area contributed by atoms with Crippen molar-refractivity contribution < 1.29 is 14.7 Å². The number of carbonyl (C=O) groups is 2. The monoisotopic (exact) mass is 250 g/mol. The van der Waals surface area contributed by atoms with E-state index in [1.165, 1.54) is 11.8 Å². The first-order valence-corrected chi connectivity index (χ1v) is 5.66. The Hall–Kier alpha value is -2.04. The minimum absolute atomic E-state index is 0.154. The largest absolute Gasteiger partial charge is 0.508 e. The number of nitrogens with zero attached hydrogens (tertiary/aromatic N) is 1. The molecular formula is C13H18N2O3. The maximum atomic E-state index is 11.9. The van der Waals surface area contributed by atoms with Crippen LogP contribution in [-0.2, 0) is 16.0 Å². The number of hydrogen-bond acceptors (Lipinski definition) is 3. The standard InChI is InChI=1S/C13H18N2O3/c1-9(16)14-12(13(18)15(2)3)8-10-4-6-11(17)7-5-10/h4-7,12,17H,8H2,1-3H3,(H,14,16)/t12-/m0/s1. The highest BCUT2D eigenvalue weighted by Crippen LogP contribution is 2.12. The second kappa shape index (κ2) is 6.05. The van der Waals surface area contributed by atoms with Crippen LogP contribution < -0.4 is 5.32 Å². The van der Waals surface area contributed by atoms with Gasteiger partial charge in [0.1, 0.15) is 11.8 Å². The predicted molar refractivity (Wildman–Crippen MR) is 68.1 cm³/mol. The van der Waals surface area contributed by atoms with E-state index >= 15 is 0 Å². The molecule has 0 saturated carbocycles. The zero-order chi connectivity index (χ0) is 13.7. The number of aromatic hydroxyl groups is 1. The summed E-state index contributed by atoms with van der Waals surface area (Å²) < 4.78 is 0. The molecular weight excluding hydrogens is 232 g/mol. The van der Waals surface area contributed by atoms with Crippen LogP contribution in [0.25, 0.3) is 0 Å². The van der Waals surface area contributed by atoms with Crippen LogP contribution in [0, 0.1) is 0 Å². The average Bonchev–Trinajstić information content (AvgIpc) is 2.29. The van der Waals surface area contributed by atoms with Gasteiger partial charge in [-0.15, -0.1) is 0 Å². The lowest BCUT2D eigenvalue weighted by Gasteiger charge is -2.21. The normalized spacial score (nSPS) is 11.7. The van der Waals surface area contributed by atoms with Gasteiger partial charge in [-0.05, 0) is 17.7 Å². The van der Waals surface area contributed by atoms with Crippen molar-refractivity contribution in [1.29, 1.82) is 0 Å². The molecule has 18 heavy (non-hydrogen) atoms. The highest BCUT2D eigenvalue weighted by atomic mass is 16.3. The molecule has 0 radical (unpaired) electrons. The molecule has 2 N–H and O–H groups in total. The Morgan fingerprint density at radius 3 is 2.28 bits per heavy atom. The van der Waals surface area contributed by atoms with Crippen LogP contribution in [0.2, 0.25) is 0 Å². The molecule has 0 aliphatic carbocycles. The number of hydrogen-bond donors (Lipinski definition) is 2. The smallest absolute Gasteiger partial charge is 0.244 e. The fourth-order valence-corrected chi connectivity index (χ4v) is 1.62. The minimum atomic E-state index is -0.581. The topological polar surface area (TPSA) is 69.6 Å². The van der Waals surface area contributed by atoms with Gasteiger partial charge in [0.2, 0.25) is 11.8 Å². The van der Waals surface area contributed by atoms with E-state index in [9.17, 15) is 14.7 Å². The quantitative estimate of drug-likeness (QED) is 0.819.